The smallest absolute Gasteiger partial charge is 0.207 e. The van der Waals surface area contributed by atoms with Gasteiger partial charge in [0.15, 0.2) is 0 Å². The minimum atomic E-state index is -3.94. The van der Waals surface area contributed by atoms with E-state index < -0.39 is 19.7 Å². The van der Waals surface area contributed by atoms with Crippen LogP contribution in [0, 0.1) is 0 Å². The molecule has 0 saturated carbocycles. The van der Waals surface area contributed by atoms with Gasteiger partial charge in [-0.2, -0.15) is 0 Å². The molecule has 3 aromatic rings. The summed E-state index contributed by atoms with van der Waals surface area (Å²) in [5.41, 5.74) is 0. The third kappa shape index (κ3) is 2.86. The summed E-state index contributed by atoms with van der Waals surface area (Å²) in [5.74, 6) is 0. The van der Waals surface area contributed by atoms with Crippen LogP contribution in [0.3, 0.4) is 0 Å². The van der Waals surface area contributed by atoms with Crippen LogP contribution >= 0.6 is 0 Å². The number of hydrogen-bond acceptors (Lipinski definition) is 4. The second-order valence-corrected chi connectivity index (χ2v) is 8.92. The van der Waals surface area contributed by atoms with Crippen LogP contribution < -0.4 is 0 Å². The lowest BCUT2D eigenvalue weighted by atomic mass is 10.4. The first-order valence-electron chi connectivity index (χ1n) is 7.13. The predicted octanol–water partition coefficient (Wildman–Crippen LogP) is 3.35. The summed E-state index contributed by atoms with van der Waals surface area (Å²) >= 11 is 0. The van der Waals surface area contributed by atoms with Crippen LogP contribution in [-0.4, -0.2) is 16.8 Å². The normalized spacial score (nSPS) is 12.0. The molecule has 0 N–H and O–H groups in total. The van der Waals surface area contributed by atoms with E-state index in [0.717, 1.165) is 0 Å². The standard InChI is InChI=1S/C18H14O4S2/c19-23(20,15-9-3-1-4-10-15)17-13-7-8-14-18(17)24(21,22)16-11-5-2-6-12-16/h1-14H. The van der Waals surface area contributed by atoms with Crippen LogP contribution in [0.4, 0.5) is 0 Å². The Morgan fingerprint density at radius 3 is 1.04 bits per heavy atom. The van der Waals surface area contributed by atoms with Gasteiger partial charge >= 0.3 is 0 Å². The lowest BCUT2D eigenvalue weighted by Crippen LogP contribution is -2.10. The lowest BCUT2D eigenvalue weighted by molar-refractivity contribution is 0.582. The molecule has 0 aromatic heterocycles. The molecule has 0 bridgehead atoms. The largest absolute Gasteiger partial charge is 0.218 e. The lowest BCUT2D eigenvalue weighted by Gasteiger charge is -2.11. The van der Waals surface area contributed by atoms with E-state index in [1.807, 2.05) is 0 Å². The van der Waals surface area contributed by atoms with Gasteiger partial charge in [-0.3, -0.25) is 0 Å². The van der Waals surface area contributed by atoms with Crippen molar-refractivity contribution in [2.24, 2.45) is 0 Å². The molecule has 0 atom stereocenters. The number of hydrogen-bond donors (Lipinski definition) is 0. The molecule has 6 heteroatoms. The van der Waals surface area contributed by atoms with Gasteiger partial charge in [-0.1, -0.05) is 48.5 Å². The van der Waals surface area contributed by atoms with Gasteiger partial charge < -0.3 is 0 Å². The van der Waals surface area contributed by atoms with Gasteiger partial charge in [0.2, 0.25) is 19.7 Å². The van der Waals surface area contributed by atoms with Gasteiger partial charge in [0.25, 0.3) is 0 Å². The molecular formula is C18H14O4S2. The topological polar surface area (TPSA) is 68.3 Å². The molecule has 3 aromatic carbocycles. The van der Waals surface area contributed by atoms with Crippen LogP contribution in [0.1, 0.15) is 0 Å². The van der Waals surface area contributed by atoms with Crippen LogP contribution in [0.15, 0.2) is 105 Å². The maximum Gasteiger partial charge on any atom is 0.207 e. The molecule has 0 aliphatic rings. The molecule has 0 heterocycles. The van der Waals surface area contributed by atoms with Crippen molar-refractivity contribution in [2.75, 3.05) is 0 Å². The summed E-state index contributed by atoms with van der Waals surface area (Å²) in [6.07, 6.45) is 0. The fourth-order valence-corrected chi connectivity index (χ4v) is 5.73. The third-order valence-electron chi connectivity index (χ3n) is 3.54. The van der Waals surface area contributed by atoms with Gasteiger partial charge in [-0.25, -0.2) is 16.8 Å². The second kappa shape index (κ2) is 6.22. The zero-order valence-corrected chi connectivity index (χ0v) is 14.2. The van der Waals surface area contributed by atoms with Crippen LogP contribution in [-0.2, 0) is 19.7 Å². The Morgan fingerprint density at radius 1 is 0.417 bits per heavy atom. The van der Waals surface area contributed by atoms with Crippen LogP contribution in [0.5, 0.6) is 0 Å². The van der Waals surface area contributed by atoms with Crippen LogP contribution in [0.2, 0.25) is 0 Å². The third-order valence-corrected chi connectivity index (χ3v) is 7.32. The monoisotopic (exact) mass is 358 g/mol. The Morgan fingerprint density at radius 2 is 0.708 bits per heavy atom. The first-order valence-corrected chi connectivity index (χ1v) is 10.1. The highest BCUT2D eigenvalue weighted by molar-refractivity contribution is 7.94. The van der Waals surface area contributed by atoms with Gasteiger partial charge in [-0.15, -0.1) is 0 Å². The van der Waals surface area contributed by atoms with Gasteiger partial charge in [0, 0.05) is 0 Å². The quantitative estimate of drug-likeness (QED) is 0.717. The highest BCUT2D eigenvalue weighted by atomic mass is 32.2. The maximum absolute atomic E-state index is 12.9. The average molecular weight is 358 g/mol. The number of sulfone groups is 2. The van der Waals surface area contributed by atoms with E-state index in [2.05, 4.69) is 0 Å². The van der Waals surface area contributed by atoms with Crippen molar-refractivity contribution in [2.45, 2.75) is 19.6 Å². The van der Waals surface area contributed by atoms with E-state index in [1.165, 1.54) is 48.5 Å². The maximum atomic E-state index is 12.9. The number of rotatable bonds is 4. The van der Waals surface area contributed by atoms with Crippen molar-refractivity contribution in [3.05, 3.63) is 84.9 Å². The van der Waals surface area contributed by atoms with Crippen molar-refractivity contribution >= 4 is 19.7 Å². The van der Waals surface area contributed by atoms with Crippen molar-refractivity contribution in [1.82, 2.24) is 0 Å². The minimum absolute atomic E-state index is 0.0562. The Bertz CT molecular complexity index is 968. The summed E-state index contributed by atoms with van der Waals surface area (Å²) in [7, 11) is -7.88. The summed E-state index contributed by atoms with van der Waals surface area (Å²) in [4.78, 5) is -0.332. The van der Waals surface area contributed by atoms with Crippen molar-refractivity contribution in [3.8, 4) is 0 Å². The molecule has 0 aliphatic heterocycles. The van der Waals surface area contributed by atoms with E-state index >= 15 is 0 Å². The molecule has 0 saturated heterocycles. The van der Waals surface area contributed by atoms with Gasteiger partial charge in [-0.05, 0) is 36.4 Å². The zero-order valence-electron chi connectivity index (χ0n) is 12.5. The average Bonchev–Trinajstić information content (AvgIpc) is 2.63. The first-order chi connectivity index (χ1) is 11.4. The molecule has 24 heavy (non-hydrogen) atoms. The summed E-state index contributed by atoms with van der Waals surface area (Å²) < 4.78 is 51.5. The molecule has 0 radical (unpaired) electrons. The molecular weight excluding hydrogens is 344 g/mol. The molecule has 0 amide bonds. The van der Waals surface area contributed by atoms with E-state index in [0.29, 0.717) is 0 Å². The Labute approximate surface area is 141 Å². The fourth-order valence-electron chi connectivity index (χ4n) is 2.35. The Kier molecular flexibility index (Phi) is 4.26. The van der Waals surface area contributed by atoms with E-state index in [-0.39, 0.29) is 19.6 Å². The summed E-state index contributed by atoms with van der Waals surface area (Å²) in [6.45, 7) is 0. The van der Waals surface area contributed by atoms with E-state index in [1.54, 1.807) is 36.4 Å². The van der Waals surface area contributed by atoms with Crippen molar-refractivity contribution in [3.63, 3.8) is 0 Å². The summed E-state index contributed by atoms with van der Waals surface area (Å²) in [6, 6.07) is 21.2. The Hall–Kier alpha value is -2.44. The first kappa shape index (κ1) is 16.4. The van der Waals surface area contributed by atoms with Crippen molar-refractivity contribution < 1.29 is 16.8 Å². The molecule has 0 spiro atoms. The molecule has 0 aliphatic carbocycles. The predicted molar refractivity (Wildman–Crippen MR) is 90.2 cm³/mol. The SMILES string of the molecule is O=S(=O)(c1ccccc1)c1ccccc1S(=O)(=O)c1ccccc1. The minimum Gasteiger partial charge on any atom is -0.218 e. The summed E-state index contributed by atoms with van der Waals surface area (Å²) in [5, 5.41) is 0. The van der Waals surface area contributed by atoms with E-state index in [4.69, 9.17) is 0 Å². The fraction of sp³-hybridized carbons (Fsp3) is 0. The van der Waals surface area contributed by atoms with Gasteiger partial charge in [0.05, 0.1) is 19.6 Å². The molecule has 3 rings (SSSR count). The second-order valence-electron chi connectivity index (χ2n) is 5.08. The number of benzene rings is 3. The molecule has 122 valence electrons. The zero-order chi connectivity index (χ0) is 17.2. The Balaban J connectivity index is 2.24. The van der Waals surface area contributed by atoms with Crippen LogP contribution in [0.25, 0.3) is 0 Å². The molecule has 0 unspecified atom stereocenters. The molecule has 0 fully saturated rings. The van der Waals surface area contributed by atoms with Gasteiger partial charge in [0.1, 0.15) is 0 Å². The molecule has 4 nitrogen and oxygen atoms in total. The van der Waals surface area contributed by atoms with E-state index in [9.17, 15) is 16.8 Å². The van der Waals surface area contributed by atoms with Crippen molar-refractivity contribution in [1.29, 1.82) is 0 Å². The highest BCUT2D eigenvalue weighted by Gasteiger charge is 2.28. The highest BCUT2D eigenvalue weighted by Crippen LogP contribution is 2.30.